The lowest BCUT2D eigenvalue weighted by Gasteiger charge is -2.26. The molecule has 1 heterocycles. The van der Waals surface area contributed by atoms with Gasteiger partial charge in [0.05, 0.1) is 6.61 Å². The Morgan fingerprint density at radius 1 is 1.12 bits per heavy atom. The SMILES string of the molecule is N=C(NCCCCCCN(OCC1CCCCC1)S(=O)(=O)CC(F)(F)F)Nc1ccncc1. The fourth-order valence-electron chi connectivity index (χ4n) is 3.66. The van der Waals surface area contributed by atoms with Gasteiger partial charge < -0.3 is 10.6 Å². The minimum absolute atomic E-state index is 0.0992. The monoisotopic (exact) mass is 493 g/mol. The van der Waals surface area contributed by atoms with E-state index in [-0.39, 0.29) is 25.0 Å². The lowest BCUT2D eigenvalue weighted by Crippen LogP contribution is -2.39. The number of hydrogen-bond donors (Lipinski definition) is 3. The van der Waals surface area contributed by atoms with Crippen molar-refractivity contribution >= 4 is 21.7 Å². The van der Waals surface area contributed by atoms with Gasteiger partial charge in [-0.15, -0.1) is 0 Å². The number of guanidine groups is 1. The zero-order valence-electron chi connectivity index (χ0n) is 18.7. The van der Waals surface area contributed by atoms with Gasteiger partial charge in [0.25, 0.3) is 0 Å². The van der Waals surface area contributed by atoms with E-state index in [1.54, 1.807) is 24.5 Å². The molecule has 1 aromatic rings. The van der Waals surface area contributed by atoms with E-state index in [0.29, 0.717) is 23.9 Å². The van der Waals surface area contributed by atoms with E-state index in [0.717, 1.165) is 50.6 Å². The van der Waals surface area contributed by atoms with Crippen molar-refractivity contribution in [2.75, 3.05) is 30.8 Å². The number of pyridine rings is 1. The van der Waals surface area contributed by atoms with Gasteiger partial charge in [-0.25, -0.2) is 8.42 Å². The summed E-state index contributed by atoms with van der Waals surface area (Å²) < 4.78 is 63.3. The summed E-state index contributed by atoms with van der Waals surface area (Å²) in [6.07, 6.45) is 5.94. The molecule has 0 spiro atoms. The van der Waals surface area contributed by atoms with Gasteiger partial charge in [-0.05, 0) is 43.7 Å². The highest BCUT2D eigenvalue weighted by Gasteiger charge is 2.39. The van der Waals surface area contributed by atoms with Gasteiger partial charge >= 0.3 is 6.18 Å². The number of rotatable bonds is 13. The number of hydroxylamine groups is 1. The first kappa shape index (κ1) is 27.3. The molecule has 0 amide bonds. The van der Waals surface area contributed by atoms with Crippen LogP contribution in [0.5, 0.6) is 0 Å². The van der Waals surface area contributed by atoms with Gasteiger partial charge in [0.1, 0.15) is 0 Å². The number of alkyl halides is 3. The molecular formula is C21H34F3N5O3S. The molecule has 3 N–H and O–H groups in total. The quantitative estimate of drug-likeness (QED) is 0.164. The minimum atomic E-state index is -4.81. The first-order valence-electron chi connectivity index (χ1n) is 11.4. The van der Waals surface area contributed by atoms with Gasteiger partial charge in [-0.1, -0.05) is 36.6 Å². The van der Waals surface area contributed by atoms with Crippen LogP contribution in [0, 0.1) is 11.3 Å². The smallest absolute Gasteiger partial charge is 0.356 e. The number of anilines is 1. The van der Waals surface area contributed by atoms with Crippen molar-refractivity contribution in [1.82, 2.24) is 14.8 Å². The van der Waals surface area contributed by atoms with E-state index in [4.69, 9.17) is 10.2 Å². The molecular weight excluding hydrogens is 459 g/mol. The van der Waals surface area contributed by atoms with Crippen LogP contribution in [0.25, 0.3) is 0 Å². The summed E-state index contributed by atoms with van der Waals surface area (Å²) >= 11 is 0. The highest BCUT2D eigenvalue weighted by molar-refractivity contribution is 7.89. The third-order valence-electron chi connectivity index (χ3n) is 5.35. The molecule has 33 heavy (non-hydrogen) atoms. The molecule has 0 saturated heterocycles. The van der Waals surface area contributed by atoms with Gasteiger partial charge in [-0.3, -0.25) is 15.2 Å². The van der Waals surface area contributed by atoms with Crippen LogP contribution in [0.4, 0.5) is 18.9 Å². The number of nitrogens with one attached hydrogen (secondary N) is 3. The Bertz CT molecular complexity index is 803. The molecule has 0 atom stereocenters. The first-order valence-corrected chi connectivity index (χ1v) is 13.0. The Kier molecular flexibility index (Phi) is 11.3. The van der Waals surface area contributed by atoms with Crippen LogP contribution in [-0.4, -0.2) is 55.5 Å². The molecule has 1 fully saturated rings. The summed E-state index contributed by atoms with van der Waals surface area (Å²) in [6, 6.07) is 3.48. The van der Waals surface area contributed by atoms with Crippen molar-refractivity contribution in [2.45, 2.75) is 64.0 Å². The Morgan fingerprint density at radius 2 is 1.79 bits per heavy atom. The van der Waals surface area contributed by atoms with E-state index in [1.807, 2.05) is 0 Å². The lowest BCUT2D eigenvalue weighted by atomic mass is 9.90. The predicted molar refractivity (Wildman–Crippen MR) is 121 cm³/mol. The molecule has 1 aliphatic carbocycles. The van der Waals surface area contributed by atoms with Crippen molar-refractivity contribution in [1.29, 1.82) is 5.41 Å². The molecule has 0 unspecified atom stereocenters. The summed E-state index contributed by atoms with van der Waals surface area (Å²) in [6.45, 7) is 0.580. The molecule has 1 aliphatic rings. The van der Waals surface area contributed by atoms with Gasteiger partial charge in [0.15, 0.2) is 11.7 Å². The molecule has 1 aromatic heterocycles. The van der Waals surface area contributed by atoms with Crippen LogP contribution < -0.4 is 10.6 Å². The maximum absolute atomic E-state index is 12.7. The van der Waals surface area contributed by atoms with E-state index < -0.39 is 22.0 Å². The second-order valence-corrected chi connectivity index (χ2v) is 10.1. The molecule has 0 bridgehead atoms. The summed E-state index contributed by atoms with van der Waals surface area (Å²) in [4.78, 5) is 9.30. The van der Waals surface area contributed by atoms with Crippen molar-refractivity contribution in [3.63, 3.8) is 0 Å². The second kappa shape index (κ2) is 13.7. The zero-order valence-corrected chi connectivity index (χ0v) is 19.6. The zero-order chi connectivity index (χ0) is 24.2. The number of unbranched alkanes of at least 4 members (excludes halogenated alkanes) is 3. The summed E-state index contributed by atoms with van der Waals surface area (Å²) in [5, 5.41) is 13.7. The van der Waals surface area contributed by atoms with Crippen molar-refractivity contribution < 1.29 is 26.4 Å². The van der Waals surface area contributed by atoms with Crippen LogP contribution in [0.1, 0.15) is 57.8 Å². The van der Waals surface area contributed by atoms with E-state index in [9.17, 15) is 21.6 Å². The van der Waals surface area contributed by atoms with Crippen LogP contribution in [-0.2, 0) is 14.9 Å². The molecule has 1 saturated carbocycles. The minimum Gasteiger partial charge on any atom is -0.356 e. The lowest BCUT2D eigenvalue weighted by molar-refractivity contribution is -0.121. The largest absolute Gasteiger partial charge is 0.404 e. The van der Waals surface area contributed by atoms with Crippen LogP contribution in [0.2, 0.25) is 0 Å². The highest BCUT2D eigenvalue weighted by Crippen LogP contribution is 2.25. The number of sulfonamides is 1. The fraction of sp³-hybridized carbons (Fsp3) is 0.714. The molecule has 0 aromatic carbocycles. The first-order chi connectivity index (χ1) is 15.7. The average Bonchev–Trinajstić information content (AvgIpc) is 2.74. The third-order valence-corrected chi connectivity index (χ3v) is 6.95. The summed E-state index contributed by atoms with van der Waals surface area (Å²) in [7, 11) is -4.59. The van der Waals surface area contributed by atoms with Crippen LogP contribution in [0.15, 0.2) is 24.5 Å². The van der Waals surface area contributed by atoms with E-state index >= 15 is 0 Å². The van der Waals surface area contributed by atoms with Crippen molar-refractivity contribution in [2.24, 2.45) is 5.92 Å². The standard InChI is InChI=1S/C21H34F3N5O3S/c22-21(23,24)17-33(30,31)29(32-16-18-8-4-3-5-9-18)15-7-2-1-6-12-27-20(25)28-19-10-13-26-14-11-19/h10-11,13-14,18H,1-9,12,15-17H2,(H3,25,26,27,28). The topological polar surface area (TPSA) is 107 Å². The number of nitrogens with zero attached hydrogens (tertiary/aromatic N) is 2. The maximum Gasteiger partial charge on any atom is 0.404 e. The Balaban J connectivity index is 1.69. The molecule has 8 nitrogen and oxygen atoms in total. The fourth-order valence-corrected chi connectivity index (χ4v) is 4.85. The van der Waals surface area contributed by atoms with Gasteiger partial charge in [0.2, 0.25) is 10.0 Å². The Hall–Kier alpha value is -1.92. The number of hydrogen-bond acceptors (Lipinski definition) is 5. The van der Waals surface area contributed by atoms with Gasteiger partial charge in [-0.2, -0.15) is 13.2 Å². The molecule has 188 valence electrons. The molecule has 2 rings (SSSR count). The maximum atomic E-state index is 12.7. The van der Waals surface area contributed by atoms with Crippen molar-refractivity contribution in [3.8, 4) is 0 Å². The van der Waals surface area contributed by atoms with Crippen LogP contribution >= 0.6 is 0 Å². The Labute approximate surface area is 193 Å². The highest BCUT2D eigenvalue weighted by atomic mass is 32.2. The summed E-state index contributed by atoms with van der Waals surface area (Å²) in [5.41, 5.74) is 0.746. The molecule has 12 heteroatoms. The second-order valence-electron chi connectivity index (χ2n) is 8.27. The van der Waals surface area contributed by atoms with Crippen molar-refractivity contribution in [3.05, 3.63) is 24.5 Å². The number of halogens is 3. The number of aromatic nitrogens is 1. The molecule has 0 aliphatic heterocycles. The Morgan fingerprint density at radius 3 is 2.45 bits per heavy atom. The van der Waals surface area contributed by atoms with Crippen LogP contribution in [0.3, 0.4) is 0 Å². The van der Waals surface area contributed by atoms with Gasteiger partial charge in [0, 0.05) is 31.2 Å². The summed E-state index contributed by atoms with van der Waals surface area (Å²) in [5.74, 6) is -1.58. The van der Waals surface area contributed by atoms with E-state index in [2.05, 4.69) is 15.6 Å². The normalized spacial score (nSPS) is 15.5. The predicted octanol–water partition coefficient (Wildman–Crippen LogP) is 4.28. The third kappa shape index (κ3) is 11.7. The van der Waals surface area contributed by atoms with E-state index in [1.165, 1.54) is 0 Å². The average molecular weight is 494 g/mol. The molecule has 0 radical (unpaired) electrons.